The number of rotatable bonds is 5. The molecule has 2 amide bonds. The van der Waals surface area contributed by atoms with E-state index in [1.54, 1.807) is 6.07 Å². The number of hydrogen-bond donors (Lipinski definition) is 1. The number of amides is 2. The lowest BCUT2D eigenvalue weighted by Gasteiger charge is -2.23. The first-order valence-corrected chi connectivity index (χ1v) is 11.8. The molecule has 1 aromatic heterocycles. The third-order valence-corrected chi connectivity index (χ3v) is 6.59. The van der Waals surface area contributed by atoms with Crippen molar-refractivity contribution in [3.8, 4) is 0 Å². The molecule has 1 aliphatic heterocycles. The molecule has 0 spiro atoms. The second-order valence-corrected chi connectivity index (χ2v) is 9.90. The van der Waals surface area contributed by atoms with E-state index in [0.29, 0.717) is 21.9 Å². The summed E-state index contributed by atoms with van der Waals surface area (Å²) in [7, 11) is -3.33. The van der Waals surface area contributed by atoms with E-state index in [-0.39, 0.29) is 29.4 Å². The summed E-state index contributed by atoms with van der Waals surface area (Å²) in [5.41, 5.74) is 1.76. The number of carbonyl (C=O) groups is 2. The highest BCUT2D eigenvalue weighted by Gasteiger charge is 2.25. The van der Waals surface area contributed by atoms with E-state index in [9.17, 15) is 18.0 Å². The smallest absolute Gasteiger partial charge is 0.273 e. The Bertz CT molecular complexity index is 1270. The molecular weight excluding hydrogens is 424 g/mol. The van der Waals surface area contributed by atoms with E-state index in [0.717, 1.165) is 11.8 Å². The van der Waals surface area contributed by atoms with Crippen molar-refractivity contribution in [1.82, 2.24) is 9.99 Å². The maximum Gasteiger partial charge on any atom is 0.273 e. The molecule has 0 saturated carbocycles. The summed E-state index contributed by atoms with van der Waals surface area (Å²) < 4.78 is 24.1. The average Bonchev–Trinajstić information content (AvgIpc) is 3.11. The molecule has 3 aromatic rings. The van der Waals surface area contributed by atoms with Gasteiger partial charge in [-0.15, -0.1) is 0 Å². The highest BCUT2D eigenvalue weighted by atomic mass is 32.2. The van der Waals surface area contributed by atoms with Crippen LogP contribution < -0.4 is 5.32 Å². The van der Waals surface area contributed by atoms with Gasteiger partial charge in [0.05, 0.1) is 21.7 Å². The standard InChI is InChI=1S/C20H18N4O4S2/c1-30(27,28)14-7-8-15-17(11-14)29-20(21-15)22-19(26)16-9-10-18(25)24(23-16)12-13-5-3-2-4-6-13/h2-8,11H,9-10,12H2,1H3,(H,21,22,26). The molecule has 1 aliphatic rings. The van der Waals surface area contributed by atoms with Crippen LogP contribution in [0.1, 0.15) is 18.4 Å². The third-order valence-electron chi connectivity index (χ3n) is 4.55. The number of sulfone groups is 1. The Balaban J connectivity index is 1.52. The van der Waals surface area contributed by atoms with Crippen molar-refractivity contribution in [2.75, 3.05) is 11.6 Å². The molecule has 0 unspecified atom stereocenters. The summed E-state index contributed by atoms with van der Waals surface area (Å²) in [5.74, 6) is -0.563. The van der Waals surface area contributed by atoms with Crippen molar-refractivity contribution >= 4 is 54.0 Å². The van der Waals surface area contributed by atoms with Crippen LogP contribution in [0, 0.1) is 0 Å². The van der Waals surface area contributed by atoms with Crippen LogP contribution in [0.4, 0.5) is 5.13 Å². The minimum Gasteiger partial charge on any atom is -0.297 e. The minimum absolute atomic E-state index is 0.135. The molecular formula is C20H18N4O4S2. The molecule has 0 atom stereocenters. The SMILES string of the molecule is CS(=O)(=O)c1ccc2nc(NC(=O)C3=NN(Cc4ccccc4)C(=O)CC3)sc2c1. The largest absolute Gasteiger partial charge is 0.297 e. The summed E-state index contributed by atoms with van der Waals surface area (Å²) in [6.07, 6.45) is 1.59. The Morgan fingerprint density at radius 1 is 1.17 bits per heavy atom. The van der Waals surface area contributed by atoms with Gasteiger partial charge >= 0.3 is 0 Å². The van der Waals surface area contributed by atoms with Gasteiger partial charge in [0.1, 0.15) is 5.71 Å². The lowest BCUT2D eigenvalue weighted by atomic mass is 10.1. The van der Waals surface area contributed by atoms with E-state index < -0.39 is 15.7 Å². The normalized spacial score (nSPS) is 14.6. The number of nitrogens with one attached hydrogen (secondary N) is 1. The Morgan fingerprint density at radius 3 is 2.67 bits per heavy atom. The van der Waals surface area contributed by atoms with Gasteiger partial charge in [-0.2, -0.15) is 5.10 Å². The highest BCUT2D eigenvalue weighted by Crippen LogP contribution is 2.28. The second kappa shape index (κ2) is 7.96. The first kappa shape index (κ1) is 20.2. The maximum absolute atomic E-state index is 12.7. The van der Waals surface area contributed by atoms with Gasteiger partial charge in [-0.25, -0.2) is 18.4 Å². The van der Waals surface area contributed by atoms with Crippen molar-refractivity contribution in [3.63, 3.8) is 0 Å². The van der Waals surface area contributed by atoms with Crippen molar-refractivity contribution in [2.45, 2.75) is 24.3 Å². The van der Waals surface area contributed by atoms with Crippen LogP contribution in [-0.4, -0.2) is 42.2 Å². The van der Waals surface area contributed by atoms with Crippen molar-refractivity contribution < 1.29 is 18.0 Å². The molecule has 10 heteroatoms. The lowest BCUT2D eigenvalue weighted by Crippen LogP contribution is -2.35. The summed E-state index contributed by atoms with van der Waals surface area (Å²) in [6.45, 7) is 0.297. The van der Waals surface area contributed by atoms with Gasteiger partial charge in [-0.3, -0.25) is 14.9 Å². The van der Waals surface area contributed by atoms with Crippen LogP contribution in [0.5, 0.6) is 0 Å². The van der Waals surface area contributed by atoms with Gasteiger partial charge in [0, 0.05) is 19.1 Å². The van der Waals surface area contributed by atoms with Crippen LogP contribution in [0.2, 0.25) is 0 Å². The number of carbonyl (C=O) groups excluding carboxylic acids is 2. The van der Waals surface area contributed by atoms with E-state index in [1.807, 2.05) is 30.3 Å². The van der Waals surface area contributed by atoms with Crippen LogP contribution >= 0.6 is 11.3 Å². The van der Waals surface area contributed by atoms with Gasteiger partial charge in [0.15, 0.2) is 15.0 Å². The Morgan fingerprint density at radius 2 is 1.93 bits per heavy atom. The van der Waals surface area contributed by atoms with Crippen LogP contribution in [0.25, 0.3) is 10.2 Å². The Hall–Kier alpha value is -3.11. The van der Waals surface area contributed by atoms with Gasteiger partial charge < -0.3 is 0 Å². The molecule has 0 radical (unpaired) electrons. The number of thiazole rings is 1. The Labute approximate surface area is 177 Å². The molecule has 8 nitrogen and oxygen atoms in total. The van der Waals surface area contributed by atoms with E-state index in [2.05, 4.69) is 15.4 Å². The van der Waals surface area contributed by atoms with Gasteiger partial charge in [0.2, 0.25) is 5.91 Å². The van der Waals surface area contributed by atoms with E-state index in [4.69, 9.17) is 0 Å². The molecule has 0 fully saturated rings. The van der Waals surface area contributed by atoms with Gasteiger partial charge in [0.25, 0.3) is 5.91 Å². The molecule has 0 bridgehead atoms. The fourth-order valence-electron chi connectivity index (χ4n) is 3.00. The Kier molecular flexibility index (Phi) is 5.35. The number of hydrogen-bond acceptors (Lipinski definition) is 7. The molecule has 4 rings (SSSR count). The van der Waals surface area contributed by atoms with Gasteiger partial charge in [-0.1, -0.05) is 41.7 Å². The molecule has 0 saturated heterocycles. The minimum atomic E-state index is -3.33. The zero-order valence-electron chi connectivity index (χ0n) is 16.0. The lowest BCUT2D eigenvalue weighted by molar-refractivity contribution is -0.132. The quantitative estimate of drug-likeness (QED) is 0.654. The molecule has 2 heterocycles. The monoisotopic (exact) mass is 442 g/mol. The zero-order valence-corrected chi connectivity index (χ0v) is 17.7. The number of hydrazone groups is 1. The van der Waals surface area contributed by atoms with Crippen molar-refractivity contribution in [2.24, 2.45) is 5.10 Å². The number of fused-ring (bicyclic) bond motifs is 1. The molecule has 2 aromatic carbocycles. The zero-order chi connectivity index (χ0) is 21.3. The van der Waals surface area contributed by atoms with Crippen molar-refractivity contribution in [1.29, 1.82) is 0 Å². The molecule has 0 aliphatic carbocycles. The number of nitrogens with zero attached hydrogens (tertiary/aromatic N) is 3. The summed E-state index contributed by atoms with van der Waals surface area (Å²) in [5, 5.41) is 8.60. The fourth-order valence-corrected chi connectivity index (χ4v) is 4.62. The number of benzene rings is 2. The summed E-state index contributed by atoms with van der Waals surface area (Å²) in [6, 6.07) is 14.1. The topological polar surface area (TPSA) is 109 Å². The molecule has 1 N–H and O–H groups in total. The first-order chi connectivity index (χ1) is 14.3. The highest BCUT2D eigenvalue weighted by molar-refractivity contribution is 7.90. The predicted octanol–water partition coefficient (Wildman–Crippen LogP) is 2.82. The maximum atomic E-state index is 12.7. The number of anilines is 1. The summed E-state index contributed by atoms with van der Waals surface area (Å²) >= 11 is 1.18. The van der Waals surface area contributed by atoms with Crippen LogP contribution in [0.15, 0.2) is 58.5 Å². The van der Waals surface area contributed by atoms with E-state index >= 15 is 0 Å². The first-order valence-electron chi connectivity index (χ1n) is 9.13. The molecule has 30 heavy (non-hydrogen) atoms. The van der Waals surface area contributed by atoms with Gasteiger partial charge in [-0.05, 0) is 23.8 Å². The van der Waals surface area contributed by atoms with E-state index in [1.165, 1.54) is 28.5 Å². The summed E-state index contributed by atoms with van der Waals surface area (Å²) in [4.78, 5) is 29.4. The van der Waals surface area contributed by atoms with Crippen LogP contribution in [-0.2, 0) is 26.0 Å². The number of aromatic nitrogens is 1. The van der Waals surface area contributed by atoms with Crippen molar-refractivity contribution in [3.05, 3.63) is 54.1 Å². The third kappa shape index (κ3) is 4.39. The average molecular weight is 443 g/mol. The van der Waals surface area contributed by atoms with Crippen LogP contribution in [0.3, 0.4) is 0 Å². The predicted molar refractivity (Wildman–Crippen MR) is 115 cm³/mol. The second-order valence-electron chi connectivity index (χ2n) is 6.86. The molecule has 154 valence electrons. The fraction of sp³-hybridized carbons (Fsp3) is 0.200.